The number of nitrogens with zero attached hydrogens (tertiary/aromatic N) is 2. The zero-order valence-electron chi connectivity index (χ0n) is 10.5. The Morgan fingerprint density at radius 3 is 2.39 bits per heavy atom. The van der Waals surface area contributed by atoms with Crippen molar-refractivity contribution in [1.82, 2.24) is 9.13 Å². The van der Waals surface area contributed by atoms with E-state index < -0.39 is 0 Å². The van der Waals surface area contributed by atoms with Crippen LogP contribution in [0.15, 0.2) is 40.2 Å². The van der Waals surface area contributed by atoms with Crippen molar-refractivity contribution in [1.29, 1.82) is 0 Å². The summed E-state index contributed by atoms with van der Waals surface area (Å²) in [5, 5.41) is 0.898. The van der Waals surface area contributed by atoms with E-state index in [9.17, 15) is 4.79 Å². The molecule has 18 heavy (non-hydrogen) atoms. The van der Waals surface area contributed by atoms with Gasteiger partial charge in [-0.05, 0) is 37.5 Å². The van der Waals surface area contributed by atoms with E-state index in [1.165, 1.54) is 16.3 Å². The van der Waals surface area contributed by atoms with Gasteiger partial charge in [0.05, 0.1) is 5.03 Å². The summed E-state index contributed by atoms with van der Waals surface area (Å²) in [4.78, 5) is 12.0. The standard InChI is InChI=1S/C13H14N2OS2/c1-9-11(16)14(2)13(17)15(12(9)18-3)10-7-5-4-6-8-10/h4-8H,1-3H3. The van der Waals surface area contributed by atoms with Crippen LogP contribution in [0, 0.1) is 11.7 Å². The molecule has 0 aliphatic heterocycles. The second-order valence-electron chi connectivity index (χ2n) is 3.95. The van der Waals surface area contributed by atoms with Gasteiger partial charge in [-0.25, -0.2) is 0 Å². The highest BCUT2D eigenvalue weighted by molar-refractivity contribution is 7.98. The van der Waals surface area contributed by atoms with Crippen LogP contribution in [0.2, 0.25) is 0 Å². The molecular formula is C13H14N2OS2. The highest BCUT2D eigenvalue weighted by Gasteiger charge is 2.12. The molecule has 0 N–H and O–H groups in total. The van der Waals surface area contributed by atoms with Crippen molar-refractivity contribution in [2.45, 2.75) is 11.9 Å². The van der Waals surface area contributed by atoms with Gasteiger partial charge in [0.15, 0.2) is 4.77 Å². The van der Waals surface area contributed by atoms with Gasteiger partial charge < -0.3 is 0 Å². The van der Waals surface area contributed by atoms with E-state index in [1.807, 2.05) is 48.1 Å². The molecule has 0 atom stereocenters. The largest absolute Gasteiger partial charge is 0.288 e. The molecular weight excluding hydrogens is 264 g/mol. The molecule has 1 aromatic carbocycles. The first kappa shape index (κ1) is 13.1. The van der Waals surface area contributed by atoms with Crippen LogP contribution in [0.5, 0.6) is 0 Å². The second-order valence-corrected chi connectivity index (χ2v) is 5.11. The van der Waals surface area contributed by atoms with E-state index in [-0.39, 0.29) is 5.56 Å². The van der Waals surface area contributed by atoms with Crippen molar-refractivity contribution in [3.05, 3.63) is 51.0 Å². The highest BCUT2D eigenvalue weighted by Crippen LogP contribution is 2.22. The number of aromatic nitrogens is 2. The summed E-state index contributed by atoms with van der Waals surface area (Å²) in [7, 11) is 1.71. The van der Waals surface area contributed by atoms with E-state index in [2.05, 4.69) is 0 Å². The maximum absolute atomic E-state index is 12.0. The summed E-state index contributed by atoms with van der Waals surface area (Å²) in [5.41, 5.74) is 1.67. The minimum absolute atomic E-state index is 0.0310. The minimum Gasteiger partial charge on any atom is -0.288 e. The molecule has 5 heteroatoms. The van der Waals surface area contributed by atoms with Crippen molar-refractivity contribution in [2.24, 2.45) is 7.05 Å². The van der Waals surface area contributed by atoms with Crippen LogP contribution in [0.25, 0.3) is 5.69 Å². The molecule has 0 aliphatic rings. The Kier molecular flexibility index (Phi) is 3.73. The Labute approximate surface area is 115 Å². The fourth-order valence-electron chi connectivity index (χ4n) is 1.88. The van der Waals surface area contributed by atoms with Crippen LogP contribution < -0.4 is 5.56 Å². The third-order valence-corrected chi connectivity index (χ3v) is 4.17. The van der Waals surface area contributed by atoms with Crippen molar-refractivity contribution < 1.29 is 0 Å². The van der Waals surface area contributed by atoms with Crippen LogP contribution >= 0.6 is 24.0 Å². The molecule has 1 aromatic heterocycles. The van der Waals surface area contributed by atoms with Gasteiger partial charge in [0.25, 0.3) is 5.56 Å². The lowest BCUT2D eigenvalue weighted by Crippen LogP contribution is -2.25. The van der Waals surface area contributed by atoms with Crippen LogP contribution in [-0.2, 0) is 7.05 Å². The molecule has 2 rings (SSSR count). The van der Waals surface area contributed by atoms with Crippen molar-refractivity contribution in [2.75, 3.05) is 6.26 Å². The molecule has 94 valence electrons. The van der Waals surface area contributed by atoms with E-state index >= 15 is 0 Å². The van der Waals surface area contributed by atoms with E-state index in [0.717, 1.165) is 16.3 Å². The van der Waals surface area contributed by atoms with E-state index in [4.69, 9.17) is 12.2 Å². The summed E-state index contributed by atoms with van der Waals surface area (Å²) in [5.74, 6) is 0. The third kappa shape index (κ3) is 2.04. The lowest BCUT2D eigenvalue weighted by atomic mass is 10.3. The predicted molar refractivity (Wildman–Crippen MR) is 78.4 cm³/mol. The Bertz CT molecular complexity index is 687. The SMILES string of the molecule is CSc1c(C)c(=O)n(C)c(=S)n1-c1ccccc1. The van der Waals surface area contributed by atoms with Gasteiger partial charge in [-0.3, -0.25) is 13.9 Å². The maximum Gasteiger partial charge on any atom is 0.258 e. The first-order chi connectivity index (χ1) is 8.57. The second kappa shape index (κ2) is 5.12. The summed E-state index contributed by atoms with van der Waals surface area (Å²) in [6.07, 6.45) is 1.95. The molecule has 0 spiro atoms. The van der Waals surface area contributed by atoms with Crippen molar-refractivity contribution >= 4 is 24.0 Å². The normalized spacial score (nSPS) is 10.6. The molecule has 2 aromatic rings. The lowest BCUT2D eigenvalue weighted by Gasteiger charge is -2.16. The molecule has 1 heterocycles. The zero-order valence-corrected chi connectivity index (χ0v) is 12.1. The molecule has 0 aliphatic carbocycles. The van der Waals surface area contributed by atoms with Gasteiger partial charge in [0, 0.05) is 18.3 Å². The number of benzene rings is 1. The van der Waals surface area contributed by atoms with Gasteiger partial charge in [-0.15, -0.1) is 11.8 Å². The molecule has 0 unspecified atom stereocenters. The Balaban J connectivity index is 2.91. The van der Waals surface area contributed by atoms with Crippen LogP contribution in [0.3, 0.4) is 0 Å². The van der Waals surface area contributed by atoms with Gasteiger partial charge in [0.1, 0.15) is 0 Å². The fraction of sp³-hybridized carbons (Fsp3) is 0.231. The number of hydrogen-bond donors (Lipinski definition) is 0. The predicted octanol–water partition coefficient (Wildman–Crippen LogP) is 2.94. The first-order valence-corrected chi connectivity index (χ1v) is 7.13. The number of para-hydroxylation sites is 1. The zero-order chi connectivity index (χ0) is 13.3. The van der Waals surface area contributed by atoms with Gasteiger partial charge >= 0.3 is 0 Å². The van der Waals surface area contributed by atoms with Gasteiger partial charge in [0.2, 0.25) is 0 Å². The smallest absolute Gasteiger partial charge is 0.258 e. The molecule has 0 amide bonds. The van der Waals surface area contributed by atoms with Crippen LogP contribution in [0.4, 0.5) is 0 Å². The Morgan fingerprint density at radius 2 is 1.83 bits per heavy atom. The monoisotopic (exact) mass is 278 g/mol. The molecule has 0 bridgehead atoms. The maximum atomic E-state index is 12.0. The summed E-state index contributed by atoms with van der Waals surface area (Å²) in [6, 6.07) is 9.85. The Morgan fingerprint density at radius 1 is 1.22 bits per heavy atom. The average molecular weight is 278 g/mol. The quantitative estimate of drug-likeness (QED) is 0.480. The van der Waals surface area contributed by atoms with E-state index in [0.29, 0.717) is 4.77 Å². The number of hydrogen-bond acceptors (Lipinski definition) is 3. The Hall–Kier alpha value is -1.33. The molecule has 0 saturated carbocycles. The third-order valence-electron chi connectivity index (χ3n) is 2.84. The molecule has 0 radical (unpaired) electrons. The molecule has 0 saturated heterocycles. The topological polar surface area (TPSA) is 26.9 Å². The van der Waals surface area contributed by atoms with Crippen LogP contribution in [-0.4, -0.2) is 15.4 Å². The van der Waals surface area contributed by atoms with Crippen molar-refractivity contribution in [3.8, 4) is 5.69 Å². The molecule has 3 nitrogen and oxygen atoms in total. The number of thioether (sulfide) groups is 1. The van der Waals surface area contributed by atoms with E-state index in [1.54, 1.807) is 7.05 Å². The van der Waals surface area contributed by atoms with Crippen LogP contribution in [0.1, 0.15) is 5.56 Å². The first-order valence-electron chi connectivity index (χ1n) is 5.50. The van der Waals surface area contributed by atoms with Gasteiger partial charge in [-0.1, -0.05) is 18.2 Å². The summed E-state index contributed by atoms with van der Waals surface area (Å²) >= 11 is 6.93. The van der Waals surface area contributed by atoms with Gasteiger partial charge in [-0.2, -0.15) is 0 Å². The fourth-order valence-corrected chi connectivity index (χ4v) is 2.99. The van der Waals surface area contributed by atoms with Crippen molar-refractivity contribution in [3.63, 3.8) is 0 Å². The number of rotatable bonds is 2. The average Bonchev–Trinajstić information content (AvgIpc) is 2.41. The highest BCUT2D eigenvalue weighted by atomic mass is 32.2. The minimum atomic E-state index is -0.0310. The summed E-state index contributed by atoms with van der Waals surface area (Å²) in [6.45, 7) is 1.84. The lowest BCUT2D eigenvalue weighted by molar-refractivity contribution is 0.702. The molecule has 0 fully saturated rings. The summed E-state index contributed by atoms with van der Waals surface area (Å²) < 4.78 is 3.97.